The van der Waals surface area contributed by atoms with Crippen LogP contribution >= 0.6 is 0 Å². The standard InChI is InChI=1S/C26H30F2N8O2/c1-26(2,38)22(37)20-13-19-21(14-30-20)31-23(33-25-29-6-7-34(25)3)24(32-19)36-10-8-35(9-11-36)15-16-4-5-17(27)12-18(16)28/h4-7,12-14,22,37-38H,8-11,15H2,1-3H3,(H,29,31,33). The van der Waals surface area contributed by atoms with Crippen molar-refractivity contribution >= 4 is 28.6 Å². The molecule has 0 saturated carbocycles. The van der Waals surface area contributed by atoms with E-state index in [-0.39, 0.29) is 0 Å². The molecule has 1 unspecified atom stereocenters. The van der Waals surface area contributed by atoms with Crippen LogP contribution in [-0.4, -0.2) is 71.4 Å². The normalized spacial score (nSPS) is 15.7. The van der Waals surface area contributed by atoms with E-state index < -0.39 is 23.3 Å². The minimum absolute atomic E-state index is 0.293. The zero-order valence-corrected chi connectivity index (χ0v) is 21.4. The molecule has 4 aromatic rings. The Morgan fingerprint density at radius 2 is 1.82 bits per heavy atom. The number of piperazine rings is 1. The maximum atomic E-state index is 14.2. The van der Waals surface area contributed by atoms with Crippen LogP contribution in [0.25, 0.3) is 11.0 Å². The van der Waals surface area contributed by atoms with Crippen LogP contribution in [0.3, 0.4) is 0 Å². The number of aryl methyl sites for hydroxylation is 1. The van der Waals surface area contributed by atoms with Crippen molar-refractivity contribution in [2.75, 3.05) is 36.4 Å². The van der Waals surface area contributed by atoms with Gasteiger partial charge in [0.1, 0.15) is 23.3 Å². The molecule has 1 aliphatic rings. The zero-order valence-electron chi connectivity index (χ0n) is 21.4. The number of hydrogen-bond acceptors (Lipinski definition) is 9. The minimum Gasteiger partial charge on any atom is -0.387 e. The number of aromatic nitrogens is 5. The molecule has 3 N–H and O–H groups in total. The zero-order chi connectivity index (χ0) is 27.0. The van der Waals surface area contributed by atoms with Gasteiger partial charge in [0.05, 0.1) is 23.0 Å². The third-order valence-electron chi connectivity index (χ3n) is 6.63. The molecule has 5 rings (SSSR count). The molecule has 1 atom stereocenters. The van der Waals surface area contributed by atoms with E-state index in [1.807, 2.05) is 17.8 Å². The maximum Gasteiger partial charge on any atom is 0.208 e. The van der Waals surface area contributed by atoms with Gasteiger partial charge in [-0.1, -0.05) is 6.07 Å². The molecular weight excluding hydrogens is 494 g/mol. The summed E-state index contributed by atoms with van der Waals surface area (Å²) in [6.07, 6.45) is 3.82. The van der Waals surface area contributed by atoms with E-state index in [1.165, 1.54) is 32.2 Å². The second-order valence-electron chi connectivity index (χ2n) is 10.0. The van der Waals surface area contributed by atoms with E-state index in [0.717, 1.165) is 6.07 Å². The van der Waals surface area contributed by atoms with Crippen molar-refractivity contribution in [2.45, 2.75) is 32.1 Å². The molecule has 200 valence electrons. The van der Waals surface area contributed by atoms with Crippen molar-refractivity contribution in [1.29, 1.82) is 0 Å². The van der Waals surface area contributed by atoms with E-state index in [4.69, 9.17) is 9.97 Å². The van der Waals surface area contributed by atoms with Crippen molar-refractivity contribution in [3.05, 3.63) is 65.7 Å². The number of nitrogens with zero attached hydrogens (tertiary/aromatic N) is 7. The van der Waals surface area contributed by atoms with E-state index in [2.05, 4.69) is 25.1 Å². The van der Waals surface area contributed by atoms with E-state index in [9.17, 15) is 19.0 Å². The Balaban J connectivity index is 1.43. The van der Waals surface area contributed by atoms with Crippen LogP contribution < -0.4 is 10.2 Å². The number of pyridine rings is 1. The number of benzene rings is 1. The fraction of sp³-hybridized carbons (Fsp3) is 0.385. The number of aliphatic hydroxyl groups is 2. The van der Waals surface area contributed by atoms with Crippen molar-refractivity contribution in [3.8, 4) is 0 Å². The first-order chi connectivity index (χ1) is 18.1. The van der Waals surface area contributed by atoms with Crippen molar-refractivity contribution in [1.82, 2.24) is 29.4 Å². The highest BCUT2D eigenvalue weighted by atomic mass is 19.1. The van der Waals surface area contributed by atoms with Gasteiger partial charge in [-0.3, -0.25) is 9.88 Å². The fourth-order valence-electron chi connectivity index (χ4n) is 4.38. The number of imidazole rings is 1. The number of rotatable bonds is 7. The van der Waals surface area contributed by atoms with Gasteiger partial charge in [-0.25, -0.2) is 23.7 Å². The van der Waals surface area contributed by atoms with Crippen molar-refractivity contribution in [3.63, 3.8) is 0 Å². The lowest BCUT2D eigenvalue weighted by molar-refractivity contribution is -0.0516. The summed E-state index contributed by atoms with van der Waals surface area (Å²) in [5.74, 6) is 0.553. The SMILES string of the molecule is Cn1ccnc1Nc1nc2cnc(C(O)C(C)(C)O)cc2nc1N1CCN(Cc2ccc(F)cc2F)CC1. The molecule has 0 bridgehead atoms. The van der Waals surface area contributed by atoms with E-state index in [1.54, 1.807) is 12.3 Å². The molecule has 4 heterocycles. The highest BCUT2D eigenvalue weighted by Gasteiger charge is 2.28. The van der Waals surface area contributed by atoms with Gasteiger partial charge in [0.15, 0.2) is 11.6 Å². The van der Waals surface area contributed by atoms with Gasteiger partial charge in [-0.2, -0.15) is 0 Å². The quantitative estimate of drug-likeness (QED) is 0.336. The van der Waals surface area contributed by atoms with Crippen LogP contribution in [0.4, 0.5) is 26.4 Å². The summed E-state index contributed by atoms with van der Waals surface area (Å²) in [6.45, 7) is 5.88. The first-order valence-corrected chi connectivity index (χ1v) is 12.3. The Bertz CT molecular complexity index is 1450. The fourth-order valence-corrected chi connectivity index (χ4v) is 4.38. The van der Waals surface area contributed by atoms with Gasteiger partial charge in [-0.05, 0) is 26.0 Å². The highest BCUT2D eigenvalue weighted by Crippen LogP contribution is 2.30. The van der Waals surface area contributed by atoms with Crippen LogP contribution in [0.15, 0.2) is 42.9 Å². The highest BCUT2D eigenvalue weighted by molar-refractivity contribution is 5.81. The van der Waals surface area contributed by atoms with Crippen LogP contribution in [0.2, 0.25) is 0 Å². The number of halogens is 2. The Hall–Kier alpha value is -3.74. The predicted molar refractivity (Wildman–Crippen MR) is 139 cm³/mol. The first kappa shape index (κ1) is 25.9. The number of fused-ring (bicyclic) bond motifs is 1. The van der Waals surface area contributed by atoms with Gasteiger partial charge in [0.25, 0.3) is 0 Å². The first-order valence-electron chi connectivity index (χ1n) is 12.3. The summed E-state index contributed by atoms with van der Waals surface area (Å²) in [5, 5.41) is 24.0. The number of anilines is 3. The van der Waals surface area contributed by atoms with Crippen LogP contribution in [0.5, 0.6) is 0 Å². The third-order valence-corrected chi connectivity index (χ3v) is 6.63. The van der Waals surface area contributed by atoms with Crippen LogP contribution in [0, 0.1) is 11.6 Å². The molecule has 0 radical (unpaired) electrons. The van der Waals surface area contributed by atoms with Crippen molar-refractivity contribution < 1.29 is 19.0 Å². The summed E-state index contributed by atoms with van der Waals surface area (Å²) in [4.78, 5) is 22.5. The molecule has 1 aromatic carbocycles. The second kappa shape index (κ2) is 10.2. The smallest absolute Gasteiger partial charge is 0.208 e. The lowest BCUT2D eigenvalue weighted by Gasteiger charge is -2.36. The number of aliphatic hydroxyl groups excluding tert-OH is 1. The summed E-state index contributed by atoms with van der Waals surface area (Å²) in [6, 6.07) is 5.29. The third kappa shape index (κ3) is 5.42. The lowest BCUT2D eigenvalue weighted by atomic mass is 9.98. The average Bonchev–Trinajstić information content (AvgIpc) is 3.28. The van der Waals surface area contributed by atoms with E-state index >= 15 is 0 Å². The molecule has 3 aromatic heterocycles. The molecule has 0 aliphatic carbocycles. The topological polar surface area (TPSA) is 115 Å². The Labute approximate surface area is 218 Å². The molecule has 1 saturated heterocycles. The van der Waals surface area contributed by atoms with Gasteiger partial charge >= 0.3 is 0 Å². The van der Waals surface area contributed by atoms with Gasteiger partial charge < -0.3 is 25.0 Å². The largest absolute Gasteiger partial charge is 0.387 e. The van der Waals surface area contributed by atoms with Gasteiger partial charge in [-0.15, -0.1) is 0 Å². The van der Waals surface area contributed by atoms with E-state index in [0.29, 0.717) is 72.6 Å². The molecule has 1 fully saturated rings. The summed E-state index contributed by atoms with van der Waals surface area (Å²) in [7, 11) is 1.86. The van der Waals surface area contributed by atoms with Crippen LogP contribution in [-0.2, 0) is 13.6 Å². The molecule has 0 amide bonds. The summed E-state index contributed by atoms with van der Waals surface area (Å²) < 4.78 is 29.3. The van der Waals surface area contributed by atoms with Gasteiger partial charge in [0, 0.05) is 63.8 Å². The monoisotopic (exact) mass is 524 g/mol. The Morgan fingerprint density at radius 3 is 2.47 bits per heavy atom. The maximum absolute atomic E-state index is 14.2. The number of hydrogen-bond donors (Lipinski definition) is 3. The Morgan fingerprint density at radius 1 is 1.05 bits per heavy atom. The second-order valence-corrected chi connectivity index (χ2v) is 10.0. The molecule has 10 nitrogen and oxygen atoms in total. The van der Waals surface area contributed by atoms with Crippen LogP contribution in [0.1, 0.15) is 31.2 Å². The average molecular weight is 525 g/mol. The molecular formula is C26H30F2N8O2. The molecule has 12 heteroatoms. The minimum atomic E-state index is -1.38. The molecule has 0 spiro atoms. The predicted octanol–water partition coefficient (Wildman–Crippen LogP) is 2.91. The molecule has 38 heavy (non-hydrogen) atoms. The molecule has 1 aliphatic heterocycles. The van der Waals surface area contributed by atoms with Crippen molar-refractivity contribution in [2.24, 2.45) is 7.05 Å². The van der Waals surface area contributed by atoms with Gasteiger partial charge in [0.2, 0.25) is 5.95 Å². The Kier molecular flexibility index (Phi) is 6.95. The summed E-state index contributed by atoms with van der Waals surface area (Å²) in [5.41, 5.74) is 0.405. The summed E-state index contributed by atoms with van der Waals surface area (Å²) >= 11 is 0. The number of nitrogens with one attached hydrogen (secondary N) is 1. The lowest BCUT2D eigenvalue weighted by Crippen LogP contribution is -2.46.